The third kappa shape index (κ3) is 11.2. The van der Waals surface area contributed by atoms with Crippen LogP contribution in [0, 0.1) is 19.8 Å². The molecule has 0 heterocycles. The quantitative estimate of drug-likeness (QED) is 0.313. The van der Waals surface area contributed by atoms with E-state index in [0.717, 1.165) is 17.6 Å². The Bertz CT molecular complexity index is 964. The Balaban J connectivity index is 0. The molecule has 2 N–H and O–H groups in total. The summed E-state index contributed by atoms with van der Waals surface area (Å²) >= 11 is 0. The number of allylic oxidation sites excluding steroid dienone is 9. The van der Waals surface area contributed by atoms with E-state index in [4.69, 9.17) is 5.73 Å². The van der Waals surface area contributed by atoms with Gasteiger partial charge in [0.15, 0.2) is 0 Å². The Morgan fingerprint density at radius 1 is 0.882 bits per heavy atom. The van der Waals surface area contributed by atoms with E-state index in [1.54, 1.807) is 0 Å². The van der Waals surface area contributed by atoms with Crippen molar-refractivity contribution in [3.8, 4) is 12.8 Å². The highest BCUT2D eigenvalue weighted by molar-refractivity contribution is 5.88. The molecule has 34 heavy (non-hydrogen) atoms. The predicted octanol–water partition coefficient (Wildman–Crippen LogP) is 9.21. The summed E-state index contributed by atoms with van der Waals surface area (Å²) in [6.07, 6.45) is 24.6. The van der Waals surface area contributed by atoms with Gasteiger partial charge in [0.25, 0.3) is 0 Å². The normalized spacial score (nSPS) is 11.5. The van der Waals surface area contributed by atoms with Gasteiger partial charge in [-0.25, -0.2) is 0 Å². The molecule has 0 bridgehead atoms. The van der Waals surface area contributed by atoms with Crippen LogP contribution in [0.5, 0.6) is 0 Å². The highest BCUT2D eigenvalue weighted by Crippen LogP contribution is 2.33. The first-order valence-electron chi connectivity index (χ1n) is 11.9. The molecule has 0 unspecified atom stereocenters. The third-order valence-corrected chi connectivity index (χ3v) is 4.50. The van der Waals surface area contributed by atoms with E-state index in [9.17, 15) is 0 Å². The smallest absolute Gasteiger partial charge is 0.00305 e. The minimum atomic E-state index is 0.844. The van der Waals surface area contributed by atoms with Crippen molar-refractivity contribution in [3.63, 3.8) is 0 Å². The van der Waals surface area contributed by atoms with Gasteiger partial charge < -0.3 is 5.73 Å². The Morgan fingerprint density at radius 3 is 2.00 bits per heavy atom. The van der Waals surface area contributed by atoms with Crippen LogP contribution < -0.4 is 5.73 Å². The largest absolute Gasteiger partial charge is 0.405 e. The van der Waals surface area contributed by atoms with E-state index >= 15 is 0 Å². The van der Waals surface area contributed by atoms with Crippen molar-refractivity contribution in [2.45, 2.75) is 48.0 Å². The first-order valence-corrected chi connectivity index (χ1v) is 11.9. The summed E-state index contributed by atoms with van der Waals surface area (Å²) in [5.74, 6) is 0. The fourth-order valence-corrected chi connectivity index (χ4v) is 3.11. The van der Waals surface area contributed by atoms with Crippen molar-refractivity contribution in [2.24, 2.45) is 5.73 Å². The van der Waals surface area contributed by atoms with Crippen LogP contribution in [0.4, 0.5) is 0 Å². The zero-order chi connectivity index (χ0) is 26.2. The van der Waals surface area contributed by atoms with E-state index < -0.39 is 0 Å². The minimum absolute atomic E-state index is 0.844. The van der Waals surface area contributed by atoms with Gasteiger partial charge in [0.1, 0.15) is 0 Å². The molecule has 0 saturated carbocycles. The van der Waals surface area contributed by atoms with Crippen molar-refractivity contribution in [1.82, 2.24) is 0 Å². The van der Waals surface area contributed by atoms with Crippen LogP contribution in [0.25, 0.3) is 5.57 Å². The molecule has 0 saturated heterocycles. The highest BCUT2D eigenvalue weighted by atomic mass is 14.5. The van der Waals surface area contributed by atoms with E-state index in [2.05, 4.69) is 106 Å². The zero-order valence-corrected chi connectivity index (χ0v) is 22.0. The van der Waals surface area contributed by atoms with Crippen LogP contribution in [-0.2, 0) is 0 Å². The van der Waals surface area contributed by atoms with E-state index in [0.29, 0.717) is 0 Å². The van der Waals surface area contributed by atoms with Gasteiger partial charge in [-0.3, -0.25) is 0 Å². The molecule has 0 radical (unpaired) electrons. The lowest BCUT2D eigenvalue weighted by Crippen LogP contribution is -1.97. The lowest BCUT2D eigenvalue weighted by molar-refractivity contribution is 1.36. The first kappa shape index (κ1) is 32.4. The molecule has 0 aromatic heterocycles. The van der Waals surface area contributed by atoms with Gasteiger partial charge in [-0.2, -0.15) is 0 Å². The van der Waals surface area contributed by atoms with Crippen molar-refractivity contribution >= 4 is 5.57 Å². The van der Waals surface area contributed by atoms with Crippen molar-refractivity contribution in [2.75, 3.05) is 0 Å². The van der Waals surface area contributed by atoms with Crippen LogP contribution in [0.2, 0.25) is 0 Å². The van der Waals surface area contributed by atoms with Crippen molar-refractivity contribution < 1.29 is 0 Å². The predicted molar refractivity (Wildman–Crippen MR) is 156 cm³/mol. The third-order valence-electron chi connectivity index (χ3n) is 4.50. The van der Waals surface area contributed by atoms with Gasteiger partial charge in [0.05, 0.1) is 0 Å². The van der Waals surface area contributed by atoms with Crippen LogP contribution >= 0.6 is 0 Å². The topological polar surface area (TPSA) is 26.0 Å². The molecule has 0 aliphatic rings. The van der Waals surface area contributed by atoms with Gasteiger partial charge in [0, 0.05) is 0 Å². The fraction of sp³-hybridized carbons (Fsp3) is 0.212. The molecule has 0 aliphatic carbocycles. The molecule has 2 aromatic carbocycles. The summed E-state index contributed by atoms with van der Waals surface area (Å²) < 4.78 is 0. The van der Waals surface area contributed by atoms with Crippen LogP contribution in [0.1, 0.15) is 57.7 Å². The summed E-state index contributed by atoms with van der Waals surface area (Å²) in [4.78, 5) is 0. The van der Waals surface area contributed by atoms with Crippen molar-refractivity contribution in [1.29, 1.82) is 0 Å². The first-order chi connectivity index (χ1) is 16.7. The molecule has 0 aliphatic heterocycles. The number of hydrogen-bond acceptors (Lipinski definition) is 1. The molecule has 0 fully saturated rings. The highest BCUT2D eigenvalue weighted by Gasteiger charge is 2.13. The standard InChI is InChI=1S/C27H29N.2C2H6.C2H2/c1-4-23(17-10-7-6-8-15-21-28)25(5-2)27(24-18-11-9-12-19-24)26-20-14-13-16-22(26)3;3*1-2/h4-6,8-21H,2,7,28H2,1,3H3;2*1-2H3;1-2H/b8-6-,17-10+,21-15-,23-4?,27-25+;;;. The average molecular weight is 454 g/mol. The number of terminal acetylenes is 1. The minimum Gasteiger partial charge on any atom is -0.405 e. The lowest BCUT2D eigenvalue weighted by atomic mass is 9.87. The van der Waals surface area contributed by atoms with Crippen LogP contribution in [0.3, 0.4) is 0 Å². The maximum absolute atomic E-state index is 5.35. The summed E-state index contributed by atoms with van der Waals surface area (Å²) in [5.41, 5.74) is 12.5. The van der Waals surface area contributed by atoms with E-state index in [1.165, 1.54) is 28.5 Å². The van der Waals surface area contributed by atoms with Gasteiger partial charge in [-0.15, -0.1) is 12.8 Å². The maximum Gasteiger partial charge on any atom is -0.00305 e. The maximum atomic E-state index is 5.35. The summed E-state index contributed by atoms with van der Waals surface area (Å²) in [6.45, 7) is 16.3. The number of hydrogen-bond donors (Lipinski definition) is 1. The molecular formula is C33H43N. The van der Waals surface area contributed by atoms with Crippen molar-refractivity contribution in [3.05, 3.63) is 138 Å². The SMILES string of the molecule is C#C.C=C/C(C(=CC)/C=C/C/C=C\C=C/N)=C(/c1ccccc1)c1ccccc1C.CC.CC. The number of nitrogens with two attached hydrogens (primary N) is 1. The molecular weight excluding hydrogens is 410 g/mol. The summed E-state index contributed by atoms with van der Waals surface area (Å²) in [7, 11) is 0. The summed E-state index contributed by atoms with van der Waals surface area (Å²) in [5, 5.41) is 0. The zero-order valence-electron chi connectivity index (χ0n) is 22.0. The van der Waals surface area contributed by atoms with Gasteiger partial charge in [0.2, 0.25) is 0 Å². The Kier molecular flexibility index (Phi) is 21.4. The van der Waals surface area contributed by atoms with Gasteiger partial charge in [-0.05, 0) is 66.0 Å². The van der Waals surface area contributed by atoms with Crippen LogP contribution in [-0.4, -0.2) is 0 Å². The van der Waals surface area contributed by atoms with E-state index in [1.807, 2.05) is 52.0 Å². The Labute approximate surface area is 209 Å². The molecule has 0 spiro atoms. The molecule has 180 valence electrons. The second kappa shape index (κ2) is 22.4. The molecule has 1 heteroatoms. The second-order valence-electron chi connectivity index (χ2n) is 6.37. The molecule has 2 aromatic rings. The number of aryl methyl sites for hydroxylation is 1. The molecule has 1 nitrogen and oxygen atoms in total. The number of benzene rings is 2. The Hall–Kier alpha value is -3.76. The Morgan fingerprint density at radius 2 is 1.47 bits per heavy atom. The monoisotopic (exact) mass is 453 g/mol. The number of rotatable bonds is 8. The average Bonchev–Trinajstić information content (AvgIpc) is 2.92. The molecule has 0 amide bonds. The fourth-order valence-electron chi connectivity index (χ4n) is 3.11. The van der Waals surface area contributed by atoms with E-state index in [-0.39, 0.29) is 0 Å². The molecule has 0 atom stereocenters. The molecule has 2 rings (SSSR count). The van der Waals surface area contributed by atoms with Gasteiger partial charge in [-0.1, -0.05) is 125 Å². The van der Waals surface area contributed by atoms with Crippen LogP contribution in [0.15, 0.2) is 121 Å². The van der Waals surface area contributed by atoms with Gasteiger partial charge >= 0.3 is 0 Å². The second-order valence-corrected chi connectivity index (χ2v) is 6.37. The lowest BCUT2D eigenvalue weighted by Gasteiger charge is -2.17. The summed E-state index contributed by atoms with van der Waals surface area (Å²) in [6, 6.07) is 19.0.